The van der Waals surface area contributed by atoms with Crippen LogP contribution in [0.2, 0.25) is 0 Å². The highest BCUT2D eigenvalue weighted by atomic mass is 79.9. The molecule has 0 fully saturated rings. The molecule has 2 aromatic heterocycles. The van der Waals surface area contributed by atoms with Crippen molar-refractivity contribution in [2.24, 2.45) is 0 Å². The predicted molar refractivity (Wildman–Crippen MR) is 56.1 cm³/mol. The van der Waals surface area contributed by atoms with E-state index in [1.807, 2.05) is 0 Å². The van der Waals surface area contributed by atoms with Gasteiger partial charge in [0.25, 0.3) is 0 Å². The summed E-state index contributed by atoms with van der Waals surface area (Å²) in [5.41, 5.74) is 1.60. The highest BCUT2D eigenvalue weighted by Crippen LogP contribution is 2.08. The van der Waals surface area contributed by atoms with Crippen molar-refractivity contribution >= 4 is 15.9 Å². The number of methoxy groups -OCH3 is 1. The minimum atomic E-state index is 0.333. The minimum absolute atomic E-state index is 0.333. The van der Waals surface area contributed by atoms with Crippen molar-refractivity contribution in [1.82, 2.24) is 25.0 Å². The first-order valence-corrected chi connectivity index (χ1v) is 5.29. The van der Waals surface area contributed by atoms with E-state index < -0.39 is 0 Å². The number of alkyl halides is 1. The van der Waals surface area contributed by atoms with Gasteiger partial charge in [0.1, 0.15) is 5.69 Å². The van der Waals surface area contributed by atoms with Crippen LogP contribution in [0.25, 0.3) is 5.69 Å². The summed E-state index contributed by atoms with van der Waals surface area (Å²) in [6.07, 6.45) is 5.05. The quantitative estimate of drug-likeness (QED) is 0.777. The Hall–Kier alpha value is -1.50. The van der Waals surface area contributed by atoms with Crippen LogP contribution in [-0.4, -0.2) is 32.1 Å². The molecule has 0 aliphatic rings. The molecule has 7 heteroatoms. The van der Waals surface area contributed by atoms with Gasteiger partial charge >= 0.3 is 6.01 Å². The highest BCUT2D eigenvalue weighted by Gasteiger charge is 2.02. The Kier molecular flexibility index (Phi) is 2.91. The smallest absolute Gasteiger partial charge is 0.316 e. The molecule has 0 saturated carbocycles. The zero-order valence-electron chi connectivity index (χ0n) is 7.96. The summed E-state index contributed by atoms with van der Waals surface area (Å²) in [5.74, 6) is 0. The highest BCUT2D eigenvalue weighted by molar-refractivity contribution is 9.08. The van der Waals surface area contributed by atoms with Crippen LogP contribution in [0.1, 0.15) is 5.69 Å². The molecule has 0 bridgehead atoms. The van der Waals surface area contributed by atoms with Gasteiger partial charge in [0.2, 0.25) is 0 Å². The third kappa shape index (κ3) is 2.12. The van der Waals surface area contributed by atoms with Gasteiger partial charge in [-0.15, -0.1) is 5.10 Å². The summed E-state index contributed by atoms with van der Waals surface area (Å²) in [5, 5.41) is 8.53. The van der Waals surface area contributed by atoms with Crippen molar-refractivity contribution in [2.75, 3.05) is 7.11 Å². The molecular formula is C8H8BrN5O. The van der Waals surface area contributed by atoms with E-state index in [-0.39, 0.29) is 0 Å². The molecule has 0 saturated heterocycles. The Morgan fingerprint density at radius 3 is 2.67 bits per heavy atom. The molecule has 15 heavy (non-hydrogen) atoms. The van der Waals surface area contributed by atoms with Crippen molar-refractivity contribution in [3.8, 4) is 11.7 Å². The molecular weight excluding hydrogens is 262 g/mol. The van der Waals surface area contributed by atoms with Crippen LogP contribution >= 0.6 is 15.9 Å². The fourth-order valence-corrected chi connectivity index (χ4v) is 1.28. The van der Waals surface area contributed by atoms with E-state index in [1.165, 1.54) is 7.11 Å². The lowest BCUT2D eigenvalue weighted by molar-refractivity contribution is 0.379. The lowest BCUT2D eigenvalue weighted by Crippen LogP contribution is -1.98. The summed E-state index contributed by atoms with van der Waals surface area (Å²) in [7, 11) is 1.52. The zero-order chi connectivity index (χ0) is 10.7. The molecule has 2 rings (SSSR count). The van der Waals surface area contributed by atoms with Crippen LogP contribution in [-0.2, 0) is 5.33 Å². The summed E-state index contributed by atoms with van der Waals surface area (Å²) in [6.45, 7) is 0. The Morgan fingerprint density at radius 2 is 2.13 bits per heavy atom. The average molecular weight is 270 g/mol. The Morgan fingerprint density at radius 1 is 1.40 bits per heavy atom. The number of hydrogen-bond acceptors (Lipinski definition) is 5. The van der Waals surface area contributed by atoms with Crippen molar-refractivity contribution in [2.45, 2.75) is 5.33 Å². The van der Waals surface area contributed by atoms with Crippen LogP contribution in [0.3, 0.4) is 0 Å². The maximum absolute atomic E-state index is 4.86. The number of aromatic nitrogens is 5. The lowest BCUT2D eigenvalue weighted by Gasteiger charge is -1.99. The van der Waals surface area contributed by atoms with Crippen LogP contribution in [0.4, 0.5) is 0 Å². The second kappa shape index (κ2) is 4.35. The molecule has 0 atom stereocenters. The van der Waals surface area contributed by atoms with Crippen molar-refractivity contribution in [3.63, 3.8) is 0 Å². The van der Waals surface area contributed by atoms with Crippen LogP contribution in [0.5, 0.6) is 6.01 Å². The van der Waals surface area contributed by atoms with Crippen LogP contribution < -0.4 is 4.74 Å². The number of nitrogens with zero attached hydrogens (tertiary/aromatic N) is 5. The summed E-state index contributed by atoms with van der Waals surface area (Å²) in [6, 6.07) is 0.333. The maximum atomic E-state index is 4.86. The number of halogens is 1. The standard InChI is InChI=1S/C8H8BrN5O/c1-15-8-10-3-7(4-11-8)14-5-6(2-9)12-13-14/h3-5H,2H2,1H3. The Labute approximate surface area is 94.4 Å². The van der Waals surface area contributed by atoms with E-state index in [9.17, 15) is 0 Å². The van der Waals surface area contributed by atoms with Gasteiger partial charge in [-0.2, -0.15) is 0 Å². The first kappa shape index (κ1) is 10.0. The molecule has 2 heterocycles. The maximum Gasteiger partial charge on any atom is 0.316 e. The summed E-state index contributed by atoms with van der Waals surface area (Å²) >= 11 is 3.30. The first-order chi connectivity index (χ1) is 7.33. The Bertz CT molecular complexity index is 441. The molecule has 78 valence electrons. The normalized spacial score (nSPS) is 10.3. The molecule has 0 aliphatic carbocycles. The van der Waals surface area contributed by atoms with E-state index in [1.54, 1.807) is 23.3 Å². The fourth-order valence-electron chi connectivity index (χ4n) is 1.02. The minimum Gasteiger partial charge on any atom is -0.467 e. The van der Waals surface area contributed by atoms with Crippen molar-refractivity contribution in [3.05, 3.63) is 24.3 Å². The molecule has 0 N–H and O–H groups in total. The molecule has 0 aliphatic heterocycles. The Balaban J connectivity index is 2.28. The third-order valence-electron chi connectivity index (χ3n) is 1.74. The zero-order valence-corrected chi connectivity index (χ0v) is 9.55. The van der Waals surface area contributed by atoms with Gasteiger partial charge in [-0.1, -0.05) is 21.1 Å². The SMILES string of the molecule is COc1ncc(-n2cc(CBr)nn2)cn1. The van der Waals surface area contributed by atoms with Gasteiger partial charge in [-0.3, -0.25) is 0 Å². The van der Waals surface area contributed by atoms with Gasteiger partial charge < -0.3 is 4.74 Å². The van der Waals surface area contributed by atoms with Crippen LogP contribution in [0.15, 0.2) is 18.6 Å². The number of ether oxygens (including phenoxy) is 1. The average Bonchev–Trinajstić information content (AvgIpc) is 2.78. The van der Waals surface area contributed by atoms with Gasteiger partial charge in [0.15, 0.2) is 0 Å². The molecule has 6 nitrogen and oxygen atoms in total. The van der Waals surface area contributed by atoms with E-state index in [0.717, 1.165) is 11.4 Å². The van der Waals surface area contributed by atoms with Gasteiger partial charge in [0.05, 0.1) is 31.4 Å². The molecule has 0 aromatic carbocycles. The van der Waals surface area contributed by atoms with Gasteiger partial charge in [-0.25, -0.2) is 14.6 Å². The molecule has 0 unspecified atom stereocenters. The van der Waals surface area contributed by atoms with Gasteiger partial charge in [0, 0.05) is 5.33 Å². The van der Waals surface area contributed by atoms with Crippen molar-refractivity contribution < 1.29 is 4.74 Å². The van der Waals surface area contributed by atoms with E-state index in [2.05, 4.69) is 36.2 Å². The predicted octanol–water partition coefficient (Wildman–Crippen LogP) is 0.961. The lowest BCUT2D eigenvalue weighted by atomic mass is 10.5. The summed E-state index contributed by atoms with van der Waals surface area (Å²) in [4.78, 5) is 7.95. The second-order valence-electron chi connectivity index (χ2n) is 2.72. The van der Waals surface area contributed by atoms with Crippen LogP contribution in [0, 0.1) is 0 Å². The molecule has 0 radical (unpaired) electrons. The molecule has 0 amide bonds. The number of hydrogen-bond donors (Lipinski definition) is 0. The van der Waals surface area contributed by atoms with E-state index >= 15 is 0 Å². The van der Waals surface area contributed by atoms with Gasteiger partial charge in [-0.05, 0) is 0 Å². The summed E-state index contributed by atoms with van der Waals surface area (Å²) < 4.78 is 6.46. The second-order valence-corrected chi connectivity index (χ2v) is 3.28. The van der Waals surface area contributed by atoms with E-state index in [4.69, 9.17) is 4.74 Å². The monoisotopic (exact) mass is 269 g/mol. The largest absolute Gasteiger partial charge is 0.467 e. The first-order valence-electron chi connectivity index (χ1n) is 4.17. The van der Waals surface area contributed by atoms with E-state index in [0.29, 0.717) is 11.3 Å². The molecule has 0 spiro atoms. The fraction of sp³-hybridized carbons (Fsp3) is 0.250. The third-order valence-corrected chi connectivity index (χ3v) is 2.31. The number of rotatable bonds is 3. The van der Waals surface area contributed by atoms with Crippen molar-refractivity contribution in [1.29, 1.82) is 0 Å². The topological polar surface area (TPSA) is 65.7 Å². The molecule has 2 aromatic rings.